The van der Waals surface area contributed by atoms with Crippen LogP contribution in [0.4, 0.5) is 18.9 Å². The number of rotatable bonds is 3. The summed E-state index contributed by atoms with van der Waals surface area (Å²) in [7, 11) is 0. The summed E-state index contributed by atoms with van der Waals surface area (Å²) in [4.78, 5) is 0. The lowest BCUT2D eigenvalue weighted by molar-refractivity contribution is -0.138. The fourth-order valence-electron chi connectivity index (χ4n) is 2.59. The monoisotopic (exact) mass is 293 g/mol. The van der Waals surface area contributed by atoms with E-state index in [2.05, 4.69) is 5.32 Å². The van der Waals surface area contributed by atoms with Crippen LogP contribution in [0.1, 0.15) is 27.8 Å². The van der Waals surface area contributed by atoms with Crippen molar-refractivity contribution in [3.63, 3.8) is 0 Å². The van der Waals surface area contributed by atoms with Crippen molar-refractivity contribution in [1.82, 2.24) is 0 Å². The zero-order valence-corrected chi connectivity index (χ0v) is 12.3. The summed E-state index contributed by atoms with van der Waals surface area (Å²) in [6.07, 6.45) is -4.32. The Kier molecular flexibility index (Phi) is 4.26. The molecule has 0 aromatic heterocycles. The number of anilines is 1. The van der Waals surface area contributed by atoms with Crippen LogP contribution in [0.15, 0.2) is 36.4 Å². The minimum atomic E-state index is -4.32. The largest absolute Gasteiger partial charge is 0.416 e. The van der Waals surface area contributed by atoms with Crippen LogP contribution in [0.5, 0.6) is 0 Å². The highest BCUT2D eigenvalue weighted by Crippen LogP contribution is 2.32. The van der Waals surface area contributed by atoms with Crippen LogP contribution in [0.3, 0.4) is 0 Å². The predicted octanol–water partition coefficient (Wildman–Crippen LogP) is 5.24. The van der Waals surface area contributed by atoms with E-state index in [9.17, 15) is 13.2 Å². The fourth-order valence-corrected chi connectivity index (χ4v) is 2.59. The quantitative estimate of drug-likeness (QED) is 0.815. The molecule has 0 amide bonds. The zero-order chi connectivity index (χ0) is 15.6. The summed E-state index contributed by atoms with van der Waals surface area (Å²) in [6.45, 7) is 6.07. The van der Waals surface area contributed by atoms with Gasteiger partial charge in [-0.15, -0.1) is 0 Å². The highest BCUT2D eigenvalue weighted by molar-refractivity contribution is 5.58. The summed E-state index contributed by atoms with van der Waals surface area (Å²) in [5, 5.41) is 3.14. The molecule has 0 saturated heterocycles. The highest BCUT2D eigenvalue weighted by atomic mass is 19.4. The Balaban J connectivity index is 2.26. The first-order chi connectivity index (χ1) is 9.79. The molecule has 0 unspecified atom stereocenters. The summed E-state index contributed by atoms with van der Waals surface area (Å²) < 4.78 is 38.9. The van der Waals surface area contributed by atoms with Crippen molar-refractivity contribution in [3.8, 4) is 0 Å². The maximum absolute atomic E-state index is 13.0. The normalized spacial score (nSPS) is 11.5. The van der Waals surface area contributed by atoms with Gasteiger partial charge in [0.15, 0.2) is 0 Å². The second kappa shape index (κ2) is 5.80. The van der Waals surface area contributed by atoms with Crippen molar-refractivity contribution >= 4 is 5.69 Å². The van der Waals surface area contributed by atoms with E-state index in [1.807, 2.05) is 32.9 Å². The summed E-state index contributed by atoms with van der Waals surface area (Å²) in [5.74, 6) is 0. The maximum atomic E-state index is 13.0. The van der Waals surface area contributed by atoms with Crippen LogP contribution < -0.4 is 5.32 Å². The van der Waals surface area contributed by atoms with Gasteiger partial charge in [0.1, 0.15) is 0 Å². The van der Waals surface area contributed by atoms with E-state index < -0.39 is 11.7 Å². The van der Waals surface area contributed by atoms with Gasteiger partial charge in [-0.25, -0.2) is 0 Å². The molecule has 2 rings (SSSR count). The van der Waals surface area contributed by atoms with Crippen LogP contribution in [-0.2, 0) is 12.7 Å². The summed E-state index contributed by atoms with van der Waals surface area (Å²) in [5.41, 5.74) is 3.79. The average Bonchev–Trinajstić information content (AvgIpc) is 2.36. The predicted molar refractivity (Wildman–Crippen MR) is 79.4 cm³/mol. The first kappa shape index (κ1) is 15.4. The van der Waals surface area contributed by atoms with E-state index in [1.165, 1.54) is 12.1 Å². The van der Waals surface area contributed by atoms with Gasteiger partial charge in [0.25, 0.3) is 0 Å². The number of nitrogens with one attached hydrogen (secondary N) is 1. The number of halogens is 3. The van der Waals surface area contributed by atoms with Crippen molar-refractivity contribution in [2.75, 3.05) is 5.32 Å². The molecule has 0 aliphatic carbocycles. The van der Waals surface area contributed by atoms with E-state index in [0.717, 1.165) is 28.4 Å². The molecule has 0 bridgehead atoms. The molecule has 1 nitrogen and oxygen atoms in total. The SMILES string of the molecule is Cc1cc(C)c(NCc2ccccc2C(F)(F)F)c(C)c1. The molecule has 4 heteroatoms. The Bertz CT molecular complexity index is 622. The number of alkyl halides is 3. The molecule has 1 N–H and O–H groups in total. The van der Waals surface area contributed by atoms with Crippen LogP contribution >= 0.6 is 0 Å². The lowest BCUT2D eigenvalue weighted by Gasteiger charge is -2.17. The molecule has 0 saturated carbocycles. The molecular weight excluding hydrogens is 275 g/mol. The molecular formula is C17H18F3N. The van der Waals surface area contributed by atoms with Gasteiger partial charge in [0.2, 0.25) is 0 Å². The average molecular weight is 293 g/mol. The van der Waals surface area contributed by atoms with E-state index in [4.69, 9.17) is 0 Å². The van der Waals surface area contributed by atoms with E-state index in [0.29, 0.717) is 0 Å². The molecule has 2 aromatic rings. The third kappa shape index (κ3) is 3.57. The smallest absolute Gasteiger partial charge is 0.381 e. The molecule has 0 heterocycles. The van der Waals surface area contributed by atoms with Crippen LogP contribution in [-0.4, -0.2) is 0 Å². The Labute approximate surface area is 122 Å². The lowest BCUT2D eigenvalue weighted by atomic mass is 10.0. The van der Waals surface area contributed by atoms with E-state index in [-0.39, 0.29) is 12.1 Å². The van der Waals surface area contributed by atoms with Gasteiger partial charge in [-0.1, -0.05) is 35.9 Å². The maximum Gasteiger partial charge on any atom is 0.416 e. The van der Waals surface area contributed by atoms with Gasteiger partial charge in [0, 0.05) is 12.2 Å². The van der Waals surface area contributed by atoms with Gasteiger partial charge in [-0.2, -0.15) is 13.2 Å². The molecule has 0 atom stereocenters. The Morgan fingerprint density at radius 3 is 2.10 bits per heavy atom. The third-order valence-corrected chi connectivity index (χ3v) is 3.46. The van der Waals surface area contributed by atoms with Crippen molar-refractivity contribution in [2.45, 2.75) is 33.5 Å². The topological polar surface area (TPSA) is 12.0 Å². The van der Waals surface area contributed by atoms with Crippen molar-refractivity contribution in [2.24, 2.45) is 0 Å². The fraction of sp³-hybridized carbons (Fsp3) is 0.294. The molecule has 0 spiro atoms. The highest BCUT2D eigenvalue weighted by Gasteiger charge is 2.32. The molecule has 0 fully saturated rings. The summed E-state index contributed by atoms with van der Waals surface area (Å²) in [6, 6.07) is 9.70. The first-order valence-corrected chi connectivity index (χ1v) is 6.76. The number of benzene rings is 2. The van der Waals surface area contributed by atoms with Gasteiger partial charge in [-0.05, 0) is 43.5 Å². The number of hydrogen-bond acceptors (Lipinski definition) is 1. The number of aryl methyl sites for hydroxylation is 3. The minimum Gasteiger partial charge on any atom is -0.381 e. The molecule has 21 heavy (non-hydrogen) atoms. The third-order valence-electron chi connectivity index (χ3n) is 3.46. The van der Waals surface area contributed by atoms with Crippen molar-refractivity contribution in [1.29, 1.82) is 0 Å². The van der Waals surface area contributed by atoms with Crippen LogP contribution in [0, 0.1) is 20.8 Å². The molecule has 2 aromatic carbocycles. The van der Waals surface area contributed by atoms with Gasteiger partial charge < -0.3 is 5.32 Å². The summed E-state index contributed by atoms with van der Waals surface area (Å²) >= 11 is 0. The van der Waals surface area contributed by atoms with Gasteiger partial charge >= 0.3 is 6.18 Å². The minimum absolute atomic E-state index is 0.153. The Morgan fingerprint density at radius 2 is 1.52 bits per heavy atom. The van der Waals surface area contributed by atoms with Gasteiger partial charge in [-0.3, -0.25) is 0 Å². The first-order valence-electron chi connectivity index (χ1n) is 6.76. The van der Waals surface area contributed by atoms with Crippen molar-refractivity contribution < 1.29 is 13.2 Å². The number of hydrogen-bond donors (Lipinski definition) is 1. The molecule has 112 valence electrons. The molecule has 0 radical (unpaired) electrons. The lowest BCUT2D eigenvalue weighted by Crippen LogP contribution is -2.12. The second-order valence-corrected chi connectivity index (χ2v) is 5.28. The Morgan fingerprint density at radius 1 is 0.952 bits per heavy atom. The van der Waals surface area contributed by atoms with Crippen molar-refractivity contribution in [3.05, 3.63) is 64.2 Å². The Hall–Kier alpha value is -1.97. The van der Waals surface area contributed by atoms with Crippen LogP contribution in [0.25, 0.3) is 0 Å². The molecule has 0 aliphatic rings. The second-order valence-electron chi connectivity index (χ2n) is 5.28. The van der Waals surface area contributed by atoms with E-state index >= 15 is 0 Å². The van der Waals surface area contributed by atoms with Crippen LogP contribution in [0.2, 0.25) is 0 Å². The standard InChI is InChI=1S/C17H18F3N/c1-11-8-12(2)16(13(3)9-11)21-10-14-6-4-5-7-15(14)17(18,19)20/h4-9,21H,10H2,1-3H3. The molecule has 0 aliphatic heterocycles. The van der Waals surface area contributed by atoms with E-state index in [1.54, 1.807) is 6.07 Å². The van der Waals surface area contributed by atoms with Gasteiger partial charge in [0.05, 0.1) is 5.56 Å². The zero-order valence-electron chi connectivity index (χ0n) is 12.3.